The summed E-state index contributed by atoms with van der Waals surface area (Å²) in [4.78, 5) is 0. The van der Waals surface area contributed by atoms with E-state index in [2.05, 4.69) is 25.2 Å². The first-order valence-electron chi connectivity index (χ1n) is 6.73. The smallest absolute Gasteiger partial charge is 0.101 e. The molecule has 3 heteroatoms. The van der Waals surface area contributed by atoms with Crippen LogP contribution in [0.5, 0.6) is 0 Å². The highest BCUT2D eigenvalue weighted by Crippen LogP contribution is 2.19. The van der Waals surface area contributed by atoms with Crippen LogP contribution in [-0.2, 0) is 0 Å². The van der Waals surface area contributed by atoms with Crippen molar-refractivity contribution in [1.82, 2.24) is 0 Å². The molecule has 0 aromatic heterocycles. The van der Waals surface area contributed by atoms with Crippen LogP contribution in [0.3, 0.4) is 0 Å². The van der Waals surface area contributed by atoms with E-state index in [0.29, 0.717) is 17.3 Å². The number of nitrogens with zero attached hydrogens (tertiary/aromatic N) is 1. The Morgan fingerprint density at radius 2 is 2.11 bits per heavy atom. The molecule has 0 spiro atoms. The monoisotopic (exact) mass is 245 g/mol. The number of anilines is 2. The Hall–Kier alpha value is -1.69. The Labute approximate surface area is 110 Å². The molecule has 1 unspecified atom stereocenters. The molecule has 0 aliphatic rings. The van der Waals surface area contributed by atoms with Crippen molar-refractivity contribution in [2.45, 2.75) is 52.0 Å². The molecule has 98 valence electrons. The number of nitrogen functional groups attached to an aromatic ring is 1. The highest BCUT2D eigenvalue weighted by Gasteiger charge is 2.04. The summed E-state index contributed by atoms with van der Waals surface area (Å²) in [7, 11) is 0. The van der Waals surface area contributed by atoms with Crippen LogP contribution in [0.1, 0.15) is 51.5 Å². The van der Waals surface area contributed by atoms with E-state index in [1.807, 2.05) is 12.1 Å². The molecule has 1 rings (SSSR count). The maximum Gasteiger partial charge on any atom is 0.101 e. The van der Waals surface area contributed by atoms with Gasteiger partial charge < -0.3 is 11.1 Å². The lowest BCUT2D eigenvalue weighted by Gasteiger charge is -2.15. The zero-order valence-electron chi connectivity index (χ0n) is 11.4. The van der Waals surface area contributed by atoms with Gasteiger partial charge in [-0.2, -0.15) is 5.26 Å². The average molecular weight is 245 g/mol. The van der Waals surface area contributed by atoms with Crippen molar-refractivity contribution >= 4 is 11.4 Å². The van der Waals surface area contributed by atoms with Crippen LogP contribution in [0.15, 0.2) is 18.2 Å². The van der Waals surface area contributed by atoms with E-state index in [1.54, 1.807) is 6.07 Å². The Bertz CT molecular complexity index is 407. The Balaban J connectivity index is 2.42. The van der Waals surface area contributed by atoms with Crippen LogP contribution in [-0.4, -0.2) is 6.04 Å². The average Bonchev–Trinajstić information content (AvgIpc) is 2.35. The largest absolute Gasteiger partial charge is 0.398 e. The molecule has 0 aliphatic heterocycles. The molecule has 18 heavy (non-hydrogen) atoms. The van der Waals surface area contributed by atoms with Crippen molar-refractivity contribution < 1.29 is 0 Å². The molecule has 0 saturated heterocycles. The van der Waals surface area contributed by atoms with Gasteiger partial charge in [-0.15, -0.1) is 0 Å². The van der Waals surface area contributed by atoms with Gasteiger partial charge in [0.15, 0.2) is 0 Å². The summed E-state index contributed by atoms with van der Waals surface area (Å²) < 4.78 is 0. The minimum absolute atomic E-state index is 0.439. The molecule has 0 radical (unpaired) electrons. The minimum Gasteiger partial charge on any atom is -0.398 e. The summed E-state index contributed by atoms with van der Waals surface area (Å²) in [5, 5.41) is 12.2. The zero-order valence-corrected chi connectivity index (χ0v) is 11.4. The van der Waals surface area contributed by atoms with Gasteiger partial charge in [0.25, 0.3) is 0 Å². The third-order valence-electron chi connectivity index (χ3n) is 3.08. The predicted octanol–water partition coefficient (Wildman–Crippen LogP) is 3.91. The third kappa shape index (κ3) is 4.67. The molecule has 3 N–H and O–H groups in total. The molecule has 0 amide bonds. The first-order chi connectivity index (χ1) is 8.67. The summed E-state index contributed by atoms with van der Waals surface area (Å²) >= 11 is 0. The number of hydrogen-bond acceptors (Lipinski definition) is 3. The lowest BCUT2D eigenvalue weighted by molar-refractivity contribution is 0.594. The Morgan fingerprint density at radius 3 is 2.72 bits per heavy atom. The fourth-order valence-electron chi connectivity index (χ4n) is 1.99. The van der Waals surface area contributed by atoms with Crippen LogP contribution >= 0.6 is 0 Å². The van der Waals surface area contributed by atoms with E-state index in [1.165, 1.54) is 32.1 Å². The van der Waals surface area contributed by atoms with Gasteiger partial charge in [-0.25, -0.2) is 0 Å². The van der Waals surface area contributed by atoms with Crippen LogP contribution < -0.4 is 11.1 Å². The second-order valence-corrected chi connectivity index (χ2v) is 4.81. The van der Waals surface area contributed by atoms with Crippen molar-refractivity contribution in [2.24, 2.45) is 0 Å². The standard InChI is InChI=1S/C15H23N3/c1-3-4-5-6-7-12(2)18-14-9-8-13(11-16)15(17)10-14/h8-10,12,18H,3-7,17H2,1-2H3. The SMILES string of the molecule is CCCCCCC(C)Nc1ccc(C#N)c(N)c1. The molecule has 0 bridgehead atoms. The Kier molecular flexibility index (Phi) is 6.07. The molecule has 1 aromatic rings. The van der Waals surface area contributed by atoms with E-state index in [0.717, 1.165) is 5.69 Å². The van der Waals surface area contributed by atoms with Crippen molar-refractivity contribution in [3.63, 3.8) is 0 Å². The normalized spacial score (nSPS) is 11.8. The lowest BCUT2D eigenvalue weighted by Crippen LogP contribution is -2.15. The first kappa shape index (κ1) is 14.4. The topological polar surface area (TPSA) is 61.8 Å². The number of hydrogen-bond donors (Lipinski definition) is 2. The van der Waals surface area contributed by atoms with E-state index >= 15 is 0 Å². The molecular formula is C15H23N3. The molecule has 0 aliphatic carbocycles. The van der Waals surface area contributed by atoms with Gasteiger partial charge in [0.05, 0.1) is 11.3 Å². The zero-order chi connectivity index (χ0) is 13.4. The summed E-state index contributed by atoms with van der Waals surface area (Å²) in [5.74, 6) is 0. The number of nitrogens with two attached hydrogens (primary N) is 1. The van der Waals surface area contributed by atoms with Crippen molar-refractivity contribution in [3.05, 3.63) is 23.8 Å². The summed E-state index contributed by atoms with van der Waals surface area (Å²) in [6.07, 6.45) is 6.32. The van der Waals surface area contributed by atoms with Crippen LogP contribution in [0.25, 0.3) is 0 Å². The fraction of sp³-hybridized carbons (Fsp3) is 0.533. The molecule has 1 atom stereocenters. The summed E-state index contributed by atoms with van der Waals surface area (Å²) in [5.41, 5.74) is 7.86. The van der Waals surface area contributed by atoms with Gasteiger partial charge >= 0.3 is 0 Å². The van der Waals surface area contributed by atoms with Crippen LogP contribution in [0.4, 0.5) is 11.4 Å². The van der Waals surface area contributed by atoms with E-state index in [4.69, 9.17) is 11.0 Å². The minimum atomic E-state index is 0.439. The van der Waals surface area contributed by atoms with Crippen LogP contribution in [0, 0.1) is 11.3 Å². The predicted molar refractivity (Wildman–Crippen MR) is 77.4 cm³/mol. The highest BCUT2D eigenvalue weighted by atomic mass is 14.9. The summed E-state index contributed by atoms with van der Waals surface area (Å²) in [6.45, 7) is 4.40. The van der Waals surface area contributed by atoms with Crippen molar-refractivity contribution in [3.8, 4) is 6.07 Å². The maximum absolute atomic E-state index is 8.81. The highest BCUT2D eigenvalue weighted by molar-refractivity contribution is 5.62. The Morgan fingerprint density at radius 1 is 1.33 bits per heavy atom. The van der Waals surface area contributed by atoms with Gasteiger partial charge in [-0.05, 0) is 31.5 Å². The number of nitrogens with one attached hydrogen (secondary N) is 1. The van der Waals surface area contributed by atoms with Crippen LogP contribution in [0.2, 0.25) is 0 Å². The fourth-order valence-corrected chi connectivity index (χ4v) is 1.99. The molecule has 0 heterocycles. The number of benzene rings is 1. The molecule has 0 saturated carbocycles. The van der Waals surface area contributed by atoms with Gasteiger partial charge in [-0.3, -0.25) is 0 Å². The van der Waals surface area contributed by atoms with Gasteiger partial charge in [0.1, 0.15) is 6.07 Å². The van der Waals surface area contributed by atoms with Crippen molar-refractivity contribution in [1.29, 1.82) is 5.26 Å². The number of rotatable bonds is 7. The number of unbranched alkanes of at least 4 members (excludes halogenated alkanes) is 3. The summed E-state index contributed by atoms with van der Waals surface area (Å²) in [6, 6.07) is 8.02. The maximum atomic E-state index is 8.81. The molecule has 1 aromatic carbocycles. The van der Waals surface area contributed by atoms with Crippen molar-refractivity contribution in [2.75, 3.05) is 11.1 Å². The van der Waals surface area contributed by atoms with Gasteiger partial charge in [0, 0.05) is 11.7 Å². The van der Waals surface area contributed by atoms with E-state index < -0.39 is 0 Å². The second kappa shape index (κ2) is 7.60. The third-order valence-corrected chi connectivity index (χ3v) is 3.08. The first-order valence-corrected chi connectivity index (χ1v) is 6.73. The van der Waals surface area contributed by atoms with Gasteiger partial charge in [-0.1, -0.05) is 32.6 Å². The van der Waals surface area contributed by atoms with E-state index in [-0.39, 0.29) is 0 Å². The lowest BCUT2D eigenvalue weighted by atomic mass is 10.1. The van der Waals surface area contributed by atoms with E-state index in [9.17, 15) is 0 Å². The molecular weight excluding hydrogens is 222 g/mol. The molecule has 0 fully saturated rings. The quantitative estimate of drug-likeness (QED) is 0.565. The molecule has 3 nitrogen and oxygen atoms in total. The van der Waals surface area contributed by atoms with Gasteiger partial charge in [0.2, 0.25) is 0 Å². The second-order valence-electron chi connectivity index (χ2n) is 4.81. The number of nitriles is 1.